The van der Waals surface area contributed by atoms with Gasteiger partial charge < -0.3 is 10.5 Å². The first kappa shape index (κ1) is 25.8. The van der Waals surface area contributed by atoms with Crippen molar-refractivity contribution in [1.29, 1.82) is 5.26 Å². The fraction of sp³-hybridized carbons (Fsp3) is 0.516. The van der Waals surface area contributed by atoms with Crippen LogP contribution in [0.15, 0.2) is 52.6 Å². The van der Waals surface area contributed by atoms with Gasteiger partial charge in [0, 0.05) is 18.4 Å². The summed E-state index contributed by atoms with van der Waals surface area (Å²) in [7, 11) is 0. The van der Waals surface area contributed by atoms with Crippen molar-refractivity contribution in [3.05, 3.63) is 63.2 Å². The second kappa shape index (κ2) is 9.48. The fourth-order valence-electron chi connectivity index (χ4n) is 8.25. The first-order chi connectivity index (χ1) is 17.6. The van der Waals surface area contributed by atoms with E-state index in [-0.39, 0.29) is 28.5 Å². The average molecular weight is 519 g/mol. The number of benzene rings is 1. The van der Waals surface area contributed by atoms with Gasteiger partial charge in [-0.2, -0.15) is 5.26 Å². The molecule has 194 valence electrons. The van der Waals surface area contributed by atoms with Crippen LogP contribution in [0.5, 0.6) is 0 Å². The number of halogens is 1. The van der Waals surface area contributed by atoms with E-state index in [1.54, 1.807) is 0 Å². The molecule has 4 aliphatic rings. The summed E-state index contributed by atoms with van der Waals surface area (Å²) in [5.41, 5.74) is 10.0. The summed E-state index contributed by atoms with van der Waals surface area (Å²) in [6.45, 7) is 6.14. The Labute approximate surface area is 224 Å². The summed E-state index contributed by atoms with van der Waals surface area (Å²) in [6, 6.07) is 9.81. The molecule has 0 unspecified atom stereocenters. The number of fused-ring (bicyclic) bond motifs is 5. The molecule has 0 aliphatic heterocycles. The number of hydrogen-bond acceptors (Lipinski definition) is 4. The van der Waals surface area contributed by atoms with E-state index in [9.17, 15) is 14.9 Å². The monoisotopic (exact) mass is 518 g/mol. The molecule has 1 aromatic rings. The molecular formula is C31H35ClN2O3. The first-order valence-corrected chi connectivity index (χ1v) is 13.7. The smallest absolute Gasteiger partial charge is 0.302 e. The fourth-order valence-corrected chi connectivity index (χ4v) is 8.37. The van der Waals surface area contributed by atoms with E-state index in [1.807, 2.05) is 24.3 Å². The quantitative estimate of drug-likeness (QED) is 0.213. The Hall–Kier alpha value is -2.84. The van der Waals surface area contributed by atoms with Gasteiger partial charge in [-0.25, -0.2) is 0 Å². The second-order valence-electron chi connectivity index (χ2n) is 11.8. The largest absolute Gasteiger partial charge is 0.462 e. The van der Waals surface area contributed by atoms with Crippen LogP contribution in [0, 0.1) is 39.9 Å². The summed E-state index contributed by atoms with van der Waals surface area (Å²) < 4.78 is 5.58. The number of primary amides is 1. The highest BCUT2D eigenvalue weighted by atomic mass is 35.5. The van der Waals surface area contributed by atoms with E-state index in [0.29, 0.717) is 22.8 Å². The van der Waals surface area contributed by atoms with E-state index in [2.05, 4.69) is 32.1 Å². The molecule has 6 atom stereocenters. The van der Waals surface area contributed by atoms with E-state index in [1.165, 1.54) is 12.5 Å². The minimum absolute atomic E-state index is 0.0223. The molecule has 1 amide bonds. The highest BCUT2D eigenvalue weighted by molar-refractivity contribution is 6.30. The third kappa shape index (κ3) is 4.34. The van der Waals surface area contributed by atoms with Crippen LogP contribution in [0.25, 0.3) is 6.08 Å². The lowest BCUT2D eigenvalue weighted by Crippen LogP contribution is -2.50. The Bertz CT molecular complexity index is 1270. The van der Waals surface area contributed by atoms with Crippen LogP contribution < -0.4 is 5.73 Å². The molecule has 0 aromatic heterocycles. The predicted octanol–water partition coefficient (Wildman–Crippen LogP) is 6.53. The third-order valence-corrected chi connectivity index (χ3v) is 10.2. The summed E-state index contributed by atoms with van der Waals surface area (Å²) in [6.07, 6.45) is 11.0. The summed E-state index contributed by atoms with van der Waals surface area (Å²) >= 11 is 6.11. The van der Waals surface area contributed by atoms with Crippen LogP contribution in [0.3, 0.4) is 0 Å². The summed E-state index contributed by atoms with van der Waals surface area (Å²) in [4.78, 5) is 24.0. The van der Waals surface area contributed by atoms with Gasteiger partial charge in [0.15, 0.2) is 0 Å². The Balaban J connectivity index is 1.54. The number of rotatable bonds is 3. The standard InChI is InChI=1S/C31H35ClN2O3/c1-18(35)37-23-10-12-30(2)21(16-23)6-9-24-26(30)11-13-31(3)27(24)15-20(28(31)25(17-33)29(34)36)14-19-4-7-22(32)8-5-19/h4-8,14,23-24,26-27H,9-13,15-16H2,1-3H3,(H2,34,36)/b20-14+,28-25+/t23-,24+,26-,27-,30-,31-/m0/s1. The van der Waals surface area contributed by atoms with Crippen LogP contribution in [-0.4, -0.2) is 18.0 Å². The van der Waals surface area contributed by atoms with Gasteiger partial charge >= 0.3 is 5.97 Å². The molecule has 3 saturated carbocycles. The van der Waals surface area contributed by atoms with Crippen LogP contribution in [0.1, 0.15) is 71.3 Å². The first-order valence-electron chi connectivity index (χ1n) is 13.3. The van der Waals surface area contributed by atoms with Crippen LogP contribution >= 0.6 is 11.6 Å². The van der Waals surface area contributed by atoms with E-state index < -0.39 is 5.91 Å². The number of ether oxygens (including phenoxy) is 1. The molecule has 0 radical (unpaired) electrons. The van der Waals surface area contributed by atoms with Crippen LogP contribution in [0.2, 0.25) is 5.02 Å². The predicted molar refractivity (Wildman–Crippen MR) is 144 cm³/mol. The number of carbonyl (C=O) groups excluding carboxylic acids is 2. The van der Waals surface area contributed by atoms with Crippen molar-refractivity contribution >= 4 is 29.6 Å². The van der Waals surface area contributed by atoms with Gasteiger partial charge in [-0.15, -0.1) is 0 Å². The Morgan fingerprint density at radius 1 is 1.11 bits per heavy atom. The number of carbonyl (C=O) groups is 2. The third-order valence-electron chi connectivity index (χ3n) is 9.93. The highest BCUT2D eigenvalue weighted by Crippen LogP contribution is 2.67. The molecule has 2 N–H and O–H groups in total. The number of nitrogens with two attached hydrogens (primary N) is 1. The van der Waals surface area contributed by atoms with Crippen LogP contribution in [-0.2, 0) is 14.3 Å². The average Bonchev–Trinajstić information content (AvgIpc) is 3.13. The van der Waals surface area contributed by atoms with Crippen molar-refractivity contribution in [2.24, 2.45) is 34.3 Å². The zero-order chi connectivity index (χ0) is 26.5. The zero-order valence-electron chi connectivity index (χ0n) is 21.9. The minimum Gasteiger partial charge on any atom is -0.462 e. The number of nitrogens with zero attached hydrogens (tertiary/aromatic N) is 1. The van der Waals surface area contributed by atoms with Gasteiger partial charge in [0.1, 0.15) is 17.7 Å². The van der Waals surface area contributed by atoms with E-state index >= 15 is 0 Å². The summed E-state index contributed by atoms with van der Waals surface area (Å²) in [5, 5.41) is 10.7. The molecule has 4 aliphatic carbocycles. The second-order valence-corrected chi connectivity index (χ2v) is 12.3. The SMILES string of the molecule is CC(=O)O[C@H]1CC[C@@]2(C)C(=CC[C@@H]3[C@@H]2CC[C@]2(C)C(=C(\C#N)C(N)=O)/C(=C/c4ccc(Cl)cc4)C[C@@H]32)C1. The Morgan fingerprint density at radius 3 is 2.46 bits per heavy atom. The Morgan fingerprint density at radius 2 is 1.81 bits per heavy atom. The van der Waals surface area contributed by atoms with Crippen molar-refractivity contribution in [2.45, 2.75) is 71.8 Å². The Kier molecular flexibility index (Phi) is 6.61. The summed E-state index contributed by atoms with van der Waals surface area (Å²) in [5.74, 6) is 0.452. The maximum absolute atomic E-state index is 12.5. The lowest BCUT2D eigenvalue weighted by atomic mass is 9.47. The molecule has 0 spiro atoms. The molecule has 6 heteroatoms. The molecule has 0 bridgehead atoms. The molecule has 5 nitrogen and oxygen atoms in total. The molecular weight excluding hydrogens is 484 g/mol. The van der Waals surface area contributed by atoms with Gasteiger partial charge in [0.25, 0.3) is 5.91 Å². The van der Waals surface area contributed by atoms with Crippen LogP contribution in [0.4, 0.5) is 0 Å². The van der Waals surface area contributed by atoms with Crippen molar-refractivity contribution in [3.8, 4) is 6.07 Å². The molecule has 0 heterocycles. The number of allylic oxidation sites excluding steroid dienone is 3. The minimum atomic E-state index is -0.648. The molecule has 5 rings (SSSR count). The molecule has 1 aromatic carbocycles. The lowest BCUT2D eigenvalue weighted by Gasteiger charge is -2.57. The van der Waals surface area contributed by atoms with Crippen molar-refractivity contribution in [3.63, 3.8) is 0 Å². The molecule has 0 saturated heterocycles. The number of amides is 1. The highest BCUT2D eigenvalue weighted by Gasteiger charge is 2.59. The van der Waals surface area contributed by atoms with Gasteiger partial charge in [-0.1, -0.05) is 55.3 Å². The van der Waals surface area contributed by atoms with Gasteiger partial charge in [-0.3, -0.25) is 9.59 Å². The topological polar surface area (TPSA) is 93.2 Å². The van der Waals surface area contributed by atoms with Crippen molar-refractivity contribution < 1.29 is 14.3 Å². The van der Waals surface area contributed by atoms with E-state index in [0.717, 1.165) is 61.7 Å². The van der Waals surface area contributed by atoms with E-state index in [4.69, 9.17) is 22.1 Å². The maximum Gasteiger partial charge on any atom is 0.302 e. The lowest BCUT2D eigenvalue weighted by molar-refractivity contribution is -0.148. The number of hydrogen-bond donors (Lipinski definition) is 1. The number of nitriles is 1. The van der Waals surface area contributed by atoms with Gasteiger partial charge in [0.05, 0.1) is 0 Å². The normalized spacial score (nSPS) is 36.9. The molecule has 3 fully saturated rings. The number of esters is 1. The molecule has 37 heavy (non-hydrogen) atoms. The van der Waals surface area contributed by atoms with Gasteiger partial charge in [-0.05, 0) is 96.0 Å². The van der Waals surface area contributed by atoms with Crippen molar-refractivity contribution in [2.75, 3.05) is 0 Å². The van der Waals surface area contributed by atoms with Gasteiger partial charge in [0.2, 0.25) is 0 Å². The maximum atomic E-state index is 12.5. The zero-order valence-corrected chi connectivity index (χ0v) is 22.6. The van der Waals surface area contributed by atoms with Crippen molar-refractivity contribution in [1.82, 2.24) is 0 Å².